The van der Waals surface area contributed by atoms with E-state index in [0.29, 0.717) is 0 Å². The number of benzene rings is 4. The molecule has 0 bridgehead atoms. The fraction of sp³-hybridized carbons (Fsp3) is 0. The molecule has 0 nitrogen and oxygen atoms in total. The second-order valence-corrected chi connectivity index (χ2v) is 11.5. The summed E-state index contributed by atoms with van der Waals surface area (Å²) < 4.78 is 1.19. The van der Waals surface area contributed by atoms with E-state index < -0.39 is 0 Å². The molecule has 0 amide bonds. The van der Waals surface area contributed by atoms with Crippen LogP contribution in [0.1, 0.15) is 0 Å². The monoisotopic (exact) mass is 590 g/mol. The molecule has 4 aromatic carbocycles. The maximum Gasteiger partial charge on any atom is 0.0404 e. The Bertz CT molecular complexity index is 1110. The lowest BCUT2D eigenvalue weighted by atomic mass is 10.3. The summed E-state index contributed by atoms with van der Waals surface area (Å²) in [4.78, 5) is 10.9. The first kappa shape index (κ1) is 22.4. The minimum Gasteiger partial charge on any atom is -0.114 e. The van der Waals surface area contributed by atoms with Gasteiger partial charge in [-0.25, -0.2) is 0 Å². The molecule has 0 aliphatic carbocycles. The molecule has 30 heavy (non-hydrogen) atoms. The third kappa shape index (κ3) is 4.84. The second kappa shape index (κ2) is 10.2. The smallest absolute Gasteiger partial charge is 0.0404 e. The van der Waals surface area contributed by atoms with Crippen LogP contribution in [0, 0.1) is 0 Å². The third-order valence-corrected chi connectivity index (χ3v) is 10.4. The van der Waals surface area contributed by atoms with Crippen LogP contribution in [0.4, 0.5) is 0 Å². The highest BCUT2D eigenvalue weighted by Gasteiger charge is 2.18. The summed E-state index contributed by atoms with van der Waals surface area (Å²) in [6.45, 7) is 0. The van der Waals surface area contributed by atoms with Gasteiger partial charge in [-0.15, -0.1) is 17.0 Å². The van der Waals surface area contributed by atoms with Crippen molar-refractivity contribution in [3.63, 3.8) is 0 Å². The largest absolute Gasteiger partial charge is 0.114 e. The van der Waals surface area contributed by atoms with Gasteiger partial charge in [0.2, 0.25) is 0 Å². The van der Waals surface area contributed by atoms with Crippen molar-refractivity contribution < 1.29 is 0 Å². The highest BCUT2D eigenvalue weighted by Crippen LogP contribution is 2.50. The Morgan fingerprint density at radius 2 is 0.733 bits per heavy atom. The molecule has 0 atom stereocenters. The van der Waals surface area contributed by atoms with Gasteiger partial charge < -0.3 is 0 Å². The van der Waals surface area contributed by atoms with Crippen LogP contribution >= 0.6 is 80.0 Å². The lowest BCUT2D eigenvalue weighted by Crippen LogP contribution is -1.89. The van der Waals surface area contributed by atoms with Crippen LogP contribution < -0.4 is 0 Å². The topological polar surface area (TPSA) is 0 Å². The average Bonchev–Trinajstić information content (AvgIpc) is 2.77. The van der Waals surface area contributed by atoms with Crippen molar-refractivity contribution in [3.05, 3.63) is 95.5 Å². The normalized spacial score (nSPS) is 12.7. The predicted molar refractivity (Wildman–Crippen MR) is 140 cm³/mol. The van der Waals surface area contributed by atoms with Gasteiger partial charge in [-0.2, -0.15) is 0 Å². The van der Waals surface area contributed by atoms with Gasteiger partial charge in [-0.1, -0.05) is 89.5 Å². The van der Waals surface area contributed by atoms with Crippen molar-refractivity contribution in [3.8, 4) is 0 Å². The van der Waals surface area contributed by atoms with Gasteiger partial charge in [0.05, 0.1) is 0 Å². The van der Waals surface area contributed by atoms with Gasteiger partial charge in [0, 0.05) is 43.6 Å². The Morgan fingerprint density at radius 3 is 1.17 bits per heavy atom. The second-order valence-electron chi connectivity index (χ2n) is 6.32. The minimum atomic E-state index is 0. The fourth-order valence-corrected chi connectivity index (χ4v) is 8.24. The predicted octanol–water partition coefficient (Wildman–Crippen LogP) is 9.95. The Kier molecular flexibility index (Phi) is 7.66. The zero-order valence-corrected chi connectivity index (χ0v) is 22.1. The Morgan fingerprint density at radius 1 is 0.400 bits per heavy atom. The zero-order valence-electron chi connectivity index (χ0n) is 15.6. The molecule has 0 unspecified atom stereocenters. The summed E-state index contributed by atoms with van der Waals surface area (Å²) in [5.41, 5.74) is 0. The van der Waals surface area contributed by atoms with Crippen LogP contribution in [-0.4, -0.2) is 0 Å². The third-order valence-electron chi connectivity index (χ3n) is 4.35. The molecule has 0 aromatic heterocycles. The lowest BCUT2D eigenvalue weighted by Gasteiger charge is -2.18. The summed E-state index contributed by atoms with van der Waals surface area (Å²) in [6, 6.07) is 32.0. The molecule has 150 valence electrons. The maximum absolute atomic E-state index is 3.60. The van der Waals surface area contributed by atoms with Crippen molar-refractivity contribution >= 4 is 80.0 Å². The van der Waals surface area contributed by atoms with E-state index in [0.717, 1.165) is 0 Å². The molecular weight excluding hydrogens is 576 g/mol. The van der Waals surface area contributed by atoms with Crippen LogP contribution in [-0.2, 0) is 0 Å². The van der Waals surface area contributed by atoms with Crippen LogP contribution in [0.3, 0.4) is 0 Å². The van der Waals surface area contributed by atoms with Gasteiger partial charge >= 0.3 is 0 Å². The molecule has 2 aliphatic rings. The molecule has 0 fully saturated rings. The first-order valence-corrected chi connectivity index (χ1v) is 13.1. The zero-order chi connectivity index (χ0) is 19.6. The van der Waals surface area contributed by atoms with E-state index >= 15 is 0 Å². The number of hydrogen-bond acceptors (Lipinski definition) is 4. The average molecular weight is 592 g/mol. The molecule has 0 saturated carbocycles. The molecule has 2 heterocycles. The highest BCUT2D eigenvalue weighted by atomic mass is 79.9. The van der Waals surface area contributed by atoms with Crippen LogP contribution in [0.25, 0.3) is 0 Å². The number of halogens is 2. The van der Waals surface area contributed by atoms with Crippen LogP contribution in [0.5, 0.6) is 0 Å². The molecule has 0 saturated heterocycles. The molecule has 6 rings (SSSR count). The SMILES string of the molecule is Br.Brc1cccc2c1Sc1ccccc1S2.c1ccc2c(c1)Sc1ccccc1S2. The van der Waals surface area contributed by atoms with E-state index in [9.17, 15) is 0 Å². The molecule has 6 heteroatoms. The molecular formula is C24H16Br2S4. The lowest BCUT2D eigenvalue weighted by molar-refractivity contribution is 1.14. The van der Waals surface area contributed by atoms with E-state index in [-0.39, 0.29) is 17.0 Å². The van der Waals surface area contributed by atoms with Crippen molar-refractivity contribution in [1.29, 1.82) is 0 Å². The van der Waals surface area contributed by atoms with Gasteiger partial charge in [0.25, 0.3) is 0 Å². The summed E-state index contributed by atoms with van der Waals surface area (Å²) in [7, 11) is 0. The van der Waals surface area contributed by atoms with Crippen LogP contribution in [0.15, 0.2) is 135 Å². The summed E-state index contributed by atoms with van der Waals surface area (Å²) in [5, 5.41) is 0. The number of rotatable bonds is 0. The van der Waals surface area contributed by atoms with Crippen molar-refractivity contribution in [2.45, 2.75) is 39.2 Å². The molecule has 0 N–H and O–H groups in total. The Balaban J connectivity index is 0.000000141. The fourth-order valence-electron chi connectivity index (χ4n) is 2.99. The van der Waals surface area contributed by atoms with Crippen molar-refractivity contribution in [2.24, 2.45) is 0 Å². The van der Waals surface area contributed by atoms with Gasteiger partial charge in [-0.05, 0) is 64.5 Å². The standard InChI is InChI=1S/C12H7BrS2.C12H8S2.BrH/c13-8-4-3-7-11-12(8)15-10-6-2-1-5-9(10)14-11;1-2-6-10-9(5-1)13-11-7-3-4-8-12(11)14-10;/h1-7H;1-8H;1H. The summed E-state index contributed by atoms with van der Waals surface area (Å²) in [5.74, 6) is 0. The van der Waals surface area contributed by atoms with E-state index in [1.54, 1.807) is 0 Å². The van der Waals surface area contributed by atoms with E-state index in [4.69, 9.17) is 0 Å². The molecule has 0 spiro atoms. The van der Waals surface area contributed by atoms with Crippen molar-refractivity contribution in [1.82, 2.24) is 0 Å². The van der Waals surface area contributed by atoms with E-state index in [1.807, 2.05) is 47.0 Å². The molecule has 0 radical (unpaired) electrons. The first-order valence-electron chi connectivity index (χ1n) is 9.05. The molecule has 4 aromatic rings. The number of hydrogen-bond donors (Lipinski definition) is 0. The van der Waals surface area contributed by atoms with Gasteiger partial charge in [-0.3, -0.25) is 0 Å². The van der Waals surface area contributed by atoms with E-state index in [1.165, 1.54) is 43.6 Å². The molecule has 2 aliphatic heterocycles. The van der Waals surface area contributed by atoms with Crippen molar-refractivity contribution in [2.75, 3.05) is 0 Å². The summed E-state index contributed by atoms with van der Waals surface area (Å²) in [6.07, 6.45) is 0. The van der Waals surface area contributed by atoms with E-state index in [2.05, 4.69) is 107 Å². The Labute approximate surface area is 212 Å². The highest BCUT2D eigenvalue weighted by molar-refractivity contribution is 9.10. The van der Waals surface area contributed by atoms with Crippen LogP contribution in [0.2, 0.25) is 0 Å². The van der Waals surface area contributed by atoms with Gasteiger partial charge in [0.15, 0.2) is 0 Å². The minimum absolute atomic E-state index is 0. The Hall–Kier alpha value is -0.760. The van der Waals surface area contributed by atoms with Gasteiger partial charge in [0.1, 0.15) is 0 Å². The summed E-state index contributed by atoms with van der Waals surface area (Å²) >= 11 is 11.0. The first-order chi connectivity index (χ1) is 14.3. The quantitative estimate of drug-likeness (QED) is 0.172. The number of fused-ring (bicyclic) bond motifs is 4. The maximum atomic E-state index is 3.60.